The zero-order valence-corrected chi connectivity index (χ0v) is 14.0. The Bertz CT molecular complexity index is 626. The predicted molar refractivity (Wildman–Crippen MR) is 93.0 cm³/mol. The van der Waals surface area contributed by atoms with E-state index < -0.39 is 0 Å². The molecule has 1 aromatic carbocycles. The first kappa shape index (κ1) is 16.7. The molecule has 6 heteroatoms. The highest BCUT2D eigenvalue weighted by molar-refractivity contribution is 5.66. The zero-order valence-electron chi connectivity index (χ0n) is 14.0. The monoisotopic (exact) mass is 328 g/mol. The molecular weight excluding hydrogens is 304 g/mol. The van der Waals surface area contributed by atoms with Crippen molar-refractivity contribution in [2.45, 2.75) is 32.1 Å². The van der Waals surface area contributed by atoms with Crippen molar-refractivity contribution < 1.29 is 4.92 Å². The van der Waals surface area contributed by atoms with E-state index in [1.54, 1.807) is 6.07 Å². The number of hydrogen-bond donors (Lipinski definition) is 0. The lowest BCUT2D eigenvalue weighted by atomic mass is 9.89. The summed E-state index contributed by atoms with van der Waals surface area (Å²) in [4.78, 5) is 15.5. The van der Waals surface area contributed by atoms with Crippen LogP contribution in [0.5, 0.6) is 0 Å². The van der Waals surface area contributed by atoms with Crippen LogP contribution < -0.4 is 4.90 Å². The number of benzene rings is 1. The maximum atomic E-state index is 11.3. The van der Waals surface area contributed by atoms with E-state index in [4.69, 9.17) is 5.26 Å². The lowest BCUT2D eigenvalue weighted by molar-refractivity contribution is -0.384. The molecule has 1 saturated carbocycles. The minimum absolute atomic E-state index is 0.0923. The molecular formula is C18H24N4O2. The highest BCUT2D eigenvalue weighted by atomic mass is 16.6. The van der Waals surface area contributed by atoms with E-state index in [2.05, 4.69) is 15.9 Å². The third kappa shape index (κ3) is 3.85. The fourth-order valence-electron chi connectivity index (χ4n) is 3.91. The fraction of sp³-hybridized carbons (Fsp3) is 0.611. The molecule has 0 bridgehead atoms. The molecule has 0 atom stereocenters. The third-order valence-corrected chi connectivity index (χ3v) is 5.26. The van der Waals surface area contributed by atoms with E-state index in [-0.39, 0.29) is 10.6 Å². The molecule has 1 saturated heterocycles. The molecule has 6 nitrogen and oxygen atoms in total. The minimum atomic E-state index is -0.356. The molecule has 0 radical (unpaired) electrons. The summed E-state index contributed by atoms with van der Waals surface area (Å²) in [6.45, 7) is 4.59. The summed E-state index contributed by atoms with van der Waals surface area (Å²) in [5, 5.41) is 20.3. The van der Waals surface area contributed by atoms with Crippen molar-refractivity contribution >= 4 is 11.4 Å². The maximum absolute atomic E-state index is 11.3. The number of nitro benzene ring substituents is 1. The van der Waals surface area contributed by atoms with E-state index in [1.807, 2.05) is 0 Å². The molecule has 128 valence electrons. The van der Waals surface area contributed by atoms with Crippen LogP contribution in [-0.2, 0) is 0 Å². The first-order valence-corrected chi connectivity index (χ1v) is 8.83. The summed E-state index contributed by atoms with van der Waals surface area (Å²) < 4.78 is 0. The molecule has 1 aliphatic carbocycles. The molecule has 2 aliphatic rings. The summed E-state index contributed by atoms with van der Waals surface area (Å²) in [5.41, 5.74) is 1.14. The van der Waals surface area contributed by atoms with Gasteiger partial charge in [0.2, 0.25) is 0 Å². The van der Waals surface area contributed by atoms with Gasteiger partial charge in [-0.25, -0.2) is 0 Å². The Hall–Kier alpha value is -2.13. The molecule has 1 heterocycles. The highest BCUT2D eigenvalue weighted by Crippen LogP contribution is 2.30. The quantitative estimate of drug-likeness (QED) is 0.627. The smallest absolute Gasteiger partial charge is 0.292 e. The lowest BCUT2D eigenvalue weighted by Gasteiger charge is -2.38. The number of nitriles is 1. The Morgan fingerprint density at radius 1 is 1.17 bits per heavy atom. The van der Waals surface area contributed by atoms with E-state index in [0.717, 1.165) is 38.6 Å². The van der Waals surface area contributed by atoms with Gasteiger partial charge in [-0.3, -0.25) is 15.0 Å². The first-order valence-electron chi connectivity index (χ1n) is 8.83. The van der Waals surface area contributed by atoms with Crippen LogP contribution in [0.15, 0.2) is 18.2 Å². The van der Waals surface area contributed by atoms with Gasteiger partial charge >= 0.3 is 0 Å². The van der Waals surface area contributed by atoms with Gasteiger partial charge in [-0.05, 0) is 30.9 Å². The van der Waals surface area contributed by atoms with E-state index >= 15 is 0 Å². The van der Waals surface area contributed by atoms with E-state index in [1.165, 1.54) is 44.2 Å². The molecule has 24 heavy (non-hydrogen) atoms. The number of nitro groups is 1. The Balaban J connectivity index is 1.64. The number of rotatable bonds is 4. The predicted octanol–water partition coefficient (Wildman–Crippen LogP) is 3.17. The van der Waals surface area contributed by atoms with Crippen molar-refractivity contribution in [3.63, 3.8) is 0 Å². The molecule has 1 aromatic rings. The molecule has 3 rings (SSSR count). The Kier molecular flexibility index (Phi) is 5.31. The van der Waals surface area contributed by atoms with Crippen molar-refractivity contribution in [3.8, 4) is 6.07 Å². The van der Waals surface area contributed by atoms with E-state index in [0.29, 0.717) is 11.3 Å². The molecule has 0 aromatic heterocycles. The number of piperazine rings is 1. The van der Waals surface area contributed by atoms with Crippen LogP contribution in [0.25, 0.3) is 0 Å². The van der Waals surface area contributed by atoms with Crippen molar-refractivity contribution in [3.05, 3.63) is 33.9 Å². The van der Waals surface area contributed by atoms with Gasteiger partial charge in [0.1, 0.15) is 5.69 Å². The Morgan fingerprint density at radius 2 is 1.88 bits per heavy atom. The van der Waals surface area contributed by atoms with Crippen LogP contribution in [0.1, 0.15) is 37.7 Å². The second-order valence-electron chi connectivity index (χ2n) is 6.86. The standard InChI is InChI=1S/C18H24N4O2/c19-13-16-6-7-17(22(23)24)18(12-16)21-10-8-20(9-11-21)14-15-4-2-1-3-5-15/h6-7,12,15H,1-5,8-11,14H2. The van der Waals surface area contributed by atoms with Gasteiger partial charge in [0, 0.05) is 38.8 Å². The second kappa shape index (κ2) is 7.63. The largest absolute Gasteiger partial charge is 0.363 e. The van der Waals surface area contributed by atoms with Crippen molar-refractivity contribution in [2.24, 2.45) is 5.92 Å². The van der Waals surface area contributed by atoms with Gasteiger partial charge in [-0.1, -0.05) is 19.3 Å². The van der Waals surface area contributed by atoms with Crippen LogP contribution >= 0.6 is 0 Å². The summed E-state index contributed by atoms with van der Waals surface area (Å²) in [6.07, 6.45) is 6.78. The third-order valence-electron chi connectivity index (χ3n) is 5.26. The number of anilines is 1. The summed E-state index contributed by atoms with van der Waals surface area (Å²) in [7, 11) is 0. The molecule has 2 fully saturated rings. The second-order valence-corrected chi connectivity index (χ2v) is 6.86. The topological polar surface area (TPSA) is 73.4 Å². The molecule has 0 spiro atoms. The van der Waals surface area contributed by atoms with Crippen LogP contribution in [0.2, 0.25) is 0 Å². The van der Waals surface area contributed by atoms with Crippen LogP contribution in [0, 0.1) is 27.4 Å². The maximum Gasteiger partial charge on any atom is 0.292 e. The zero-order chi connectivity index (χ0) is 16.9. The number of nitrogens with zero attached hydrogens (tertiary/aromatic N) is 4. The van der Waals surface area contributed by atoms with Gasteiger partial charge in [0.25, 0.3) is 5.69 Å². The van der Waals surface area contributed by atoms with Crippen molar-refractivity contribution in [2.75, 3.05) is 37.6 Å². The molecule has 0 N–H and O–H groups in total. The van der Waals surface area contributed by atoms with E-state index in [9.17, 15) is 10.1 Å². The molecule has 1 aliphatic heterocycles. The van der Waals surface area contributed by atoms with Gasteiger partial charge in [0.05, 0.1) is 16.6 Å². The lowest BCUT2D eigenvalue weighted by Crippen LogP contribution is -2.48. The summed E-state index contributed by atoms with van der Waals surface area (Å²) >= 11 is 0. The van der Waals surface area contributed by atoms with Crippen LogP contribution in [0.3, 0.4) is 0 Å². The summed E-state index contributed by atoms with van der Waals surface area (Å²) in [6, 6.07) is 6.69. The van der Waals surface area contributed by atoms with Gasteiger partial charge < -0.3 is 4.90 Å². The normalized spacial score (nSPS) is 19.9. The van der Waals surface area contributed by atoms with Gasteiger partial charge in [-0.15, -0.1) is 0 Å². The van der Waals surface area contributed by atoms with Crippen molar-refractivity contribution in [1.82, 2.24) is 4.90 Å². The van der Waals surface area contributed by atoms with Gasteiger partial charge in [0.15, 0.2) is 0 Å². The number of hydrogen-bond acceptors (Lipinski definition) is 5. The molecule has 0 unspecified atom stereocenters. The fourth-order valence-corrected chi connectivity index (χ4v) is 3.91. The molecule has 0 amide bonds. The Morgan fingerprint density at radius 3 is 2.50 bits per heavy atom. The SMILES string of the molecule is N#Cc1ccc([N+](=O)[O-])c(N2CCN(CC3CCCCC3)CC2)c1. The average molecular weight is 328 g/mol. The first-order chi connectivity index (χ1) is 11.7. The van der Waals surface area contributed by atoms with Crippen LogP contribution in [-0.4, -0.2) is 42.5 Å². The Labute approximate surface area is 142 Å². The minimum Gasteiger partial charge on any atom is -0.363 e. The average Bonchev–Trinajstić information content (AvgIpc) is 2.62. The highest BCUT2D eigenvalue weighted by Gasteiger charge is 2.25. The summed E-state index contributed by atoms with van der Waals surface area (Å²) in [5.74, 6) is 0.821. The van der Waals surface area contributed by atoms with Gasteiger partial charge in [-0.2, -0.15) is 5.26 Å². The van der Waals surface area contributed by atoms with Crippen molar-refractivity contribution in [1.29, 1.82) is 5.26 Å². The van der Waals surface area contributed by atoms with Crippen LogP contribution in [0.4, 0.5) is 11.4 Å².